The molecule has 0 radical (unpaired) electrons. The van der Waals surface area contributed by atoms with Gasteiger partial charge < -0.3 is 0 Å². The van der Waals surface area contributed by atoms with Crippen LogP contribution in [0.4, 0.5) is 10.1 Å². The third kappa shape index (κ3) is 5.25. The van der Waals surface area contributed by atoms with E-state index in [1.54, 1.807) is 6.92 Å². The Kier molecular flexibility index (Phi) is 6.11. The largest absolute Gasteiger partial charge is 0.270 e. The van der Waals surface area contributed by atoms with E-state index in [1.165, 1.54) is 25.1 Å². The molecule has 0 bridgehead atoms. The fourth-order valence-corrected chi connectivity index (χ4v) is 3.86. The maximum atomic E-state index is 13.2. The van der Waals surface area contributed by atoms with Crippen LogP contribution in [0.1, 0.15) is 13.8 Å². The molecule has 6 nitrogen and oxygen atoms in total. The molecule has 1 aromatic carbocycles. The second kappa shape index (κ2) is 7.19. The van der Waals surface area contributed by atoms with Gasteiger partial charge in [0.05, 0.1) is 17.2 Å². The zero-order chi connectivity index (χ0) is 16.1. The van der Waals surface area contributed by atoms with E-state index >= 15 is 0 Å². The third-order valence-corrected chi connectivity index (χ3v) is 6.05. The van der Waals surface area contributed by atoms with Gasteiger partial charge in [-0.1, -0.05) is 6.07 Å². The van der Waals surface area contributed by atoms with Gasteiger partial charge in [-0.3, -0.25) is 4.31 Å². The van der Waals surface area contributed by atoms with Crippen LogP contribution in [0.2, 0.25) is 0 Å². The van der Waals surface area contributed by atoms with Gasteiger partial charge in [0.15, 0.2) is 0 Å². The first-order valence-corrected chi connectivity index (χ1v) is 9.71. The highest BCUT2D eigenvalue weighted by Gasteiger charge is 2.21. The Labute approximate surface area is 125 Å². The van der Waals surface area contributed by atoms with Gasteiger partial charge in [-0.05, 0) is 32.0 Å². The molecule has 21 heavy (non-hydrogen) atoms. The molecule has 0 aliphatic carbocycles. The van der Waals surface area contributed by atoms with Gasteiger partial charge in [0.25, 0.3) is 0 Å². The van der Waals surface area contributed by atoms with Crippen molar-refractivity contribution in [3.8, 4) is 0 Å². The van der Waals surface area contributed by atoms with E-state index in [9.17, 15) is 21.2 Å². The molecule has 0 spiro atoms. The van der Waals surface area contributed by atoms with E-state index in [1.807, 2.05) is 0 Å². The van der Waals surface area contributed by atoms with E-state index in [2.05, 4.69) is 4.72 Å². The highest BCUT2D eigenvalue weighted by atomic mass is 32.2. The lowest BCUT2D eigenvalue weighted by Crippen LogP contribution is -2.38. The number of hydrogen-bond donors (Lipinski definition) is 1. The molecule has 0 saturated carbocycles. The number of halogens is 1. The molecule has 9 heteroatoms. The van der Waals surface area contributed by atoms with Crippen LogP contribution in [0.15, 0.2) is 24.3 Å². The Hall–Kier alpha value is -1.19. The molecule has 0 aliphatic rings. The number of nitrogens with one attached hydrogen (secondary N) is 1. The summed E-state index contributed by atoms with van der Waals surface area (Å²) in [7, 11) is -7.17. The zero-order valence-electron chi connectivity index (χ0n) is 11.9. The number of anilines is 1. The number of nitrogens with zero attached hydrogens (tertiary/aromatic N) is 1. The quantitative estimate of drug-likeness (QED) is 0.764. The van der Waals surface area contributed by atoms with E-state index < -0.39 is 31.6 Å². The molecule has 0 heterocycles. The molecule has 0 atom stereocenters. The summed E-state index contributed by atoms with van der Waals surface area (Å²) in [5.74, 6) is -1.04. The Bertz CT molecular complexity index is 674. The summed E-state index contributed by atoms with van der Waals surface area (Å²) in [4.78, 5) is 0. The second-order valence-electron chi connectivity index (χ2n) is 4.26. The third-order valence-electron chi connectivity index (χ3n) is 2.78. The zero-order valence-corrected chi connectivity index (χ0v) is 13.5. The molecule has 0 unspecified atom stereocenters. The van der Waals surface area contributed by atoms with Gasteiger partial charge in [-0.25, -0.2) is 25.9 Å². The standard InChI is InChI=1S/C12H19FN2O4S2/c1-3-15(12-7-5-6-11(13)10-12)21(18,19)9-8-14-20(16,17)4-2/h5-7,10,14H,3-4,8-9H2,1-2H3. The molecular weight excluding hydrogens is 319 g/mol. The van der Waals surface area contributed by atoms with Gasteiger partial charge in [0, 0.05) is 13.1 Å². The fraction of sp³-hybridized carbons (Fsp3) is 0.500. The number of benzene rings is 1. The summed E-state index contributed by atoms with van der Waals surface area (Å²) in [6.45, 7) is 3.00. The molecule has 1 N–H and O–H groups in total. The summed E-state index contributed by atoms with van der Waals surface area (Å²) in [5.41, 5.74) is 0.218. The average molecular weight is 338 g/mol. The molecule has 120 valence electrons. The molecule has 0 aliphatic heterocycles. The van der Waals surface area contributed by atoms with Gasteiger partial charge in [0.1, 0.15) is 5.82 Å². The lowest BCUT2D eigenvalue weighted by Gasteiger charge is -2.23. The van der Waals surface area contributed by atoms with Crippen molar-refractivity contribution in [2.24, 2.45) is 0 Å². The summed E-state index contributed by atoms with van der Waals surface area (Å²) >= 11 is 0. The Morgan fingerprint density at radius 1 is 1.19 bits per heavy atom. The number of sulfonamides is 2. The SMILES string of the molecule is CCN(c1cccc(F)c1)S(=O)(=O)CCNS(=O)(=O)CC. The number of rotatable bonds is 8. The van der Waals surface area contributed by atoms with Gasteiger partial charge >= 0.3 is 0 Å². The Morgan fingerprint density at radius 2 is 1.86 bits per heavy atom. The van der Waals surface area contributed by atoms with E-state index in [0.717, 1.165) is 10.4 Å². The van der Waals surface area contributed by atoms with Gasteiger partial charge in [-0.2, -0.15) is 0 Å². The van der Waals surface area contributed by atoms with E-state index in [-0.39, 0.29) is 24.5 Å². The van der Waals surface area contributed by atoms with Crippen molar-refractivity contribution in [1.82, 2.24) is 4.72 Å². The smallest absolute Gasteiger partial charge is 0.236 e. The second-order valence-corrected chi connectivity index (χ2v) is 8.37. The van der Waals surface area contributed by atoms with Gasteiger partial charge in [-0.15, -0.1) is 0 Å². The lowest BCUT2D eigenvalue weighted by atomic mass is 10.3. The minimum atomic E-state index is -3.73. The van der Waals surface area contributed by atoms with Crippen LogP contribution in [0, 0.1) is 5.82 Å². The van der Waals surface area contributed by atoms with Crippen molar-refractivity contribution in [2.45, 2.75) is 13.8 Å². The van der Waals surface area contributed by atoms with Crippen molar-refractivity contribution in [2.75, 3.05) is 28.9 Å². The first-order chi connectivity index (χ1) is 9.72. The van der Waals surface area contributed by atoms with Crippen molar-refractivity contribution in [1.29, 1.82) is 0 Å². The molecule has 0 amide bonds. The molecule has 0 aromatic heterocycles. The molecule has 1 aromatic rings. The van der Waals surface area contributed by atoms with E-state index in [0.29, 0.717) is 0 Å². The van der Waals surface area contributed by atoms with Crippen LogP contribution >= 0.6 is 0 Å². The van der Waals surface area contributed by atoms with Crippen LogP contribution in [0.5, 0.6) is 0 Å². The molecular formula is C12H19FN2O4S2. The van der Waals surface area contributed by atoms with Gasteiger partial charge in [0.2, 0.25) is 20.0 Å². The normalized spacial score (nSPS) is 12.3. The van der Waals surface area contributed by atoms with Crippen molar-refractivity contribution in [3.05, 3.63) is 30.1 Å². The average Bonchev–Trinajstić information content (AvgIpc) is 2.38. The van der Waals surface area contributed by atoms with Crippen LogP contribution in [-0.2, 0) is 20.0 Å². The maximum absolute atomic E-state index is 13.2. The Morgan fingerprint density at radius 3 is 2.38 bits per heavy atom. The monoisotopic (exact) mass is 338 g/mol. The fourth-order valence-electron chi connectivity index (χ4n) is 1.71. The summed E-state index contributed by atoms with van der Waals surface area (Å²) in [5, 5.41) is 0. The van der Waals surface area contributed by atoms with Crippen molar-refractivity contribution >= 4 is 25.7 Å². The first-order valence-electron chi connectivity index (χ1n) is 6.45. The highest BCUT2D eigenvalue weighted by Crippen LogP contribution is 2.19. The minimum absolute atomic E-state index is 0.117. The topological polar surface area (TPSA) is 83.6 Å². The van der Waals surface area contributed by atoms with E-state index in [4.69, 9.17) is 0 Å². The van der Waals surface area contributed by atoms with Crippen LogP contribution in [0.3, 0.4) is 0 Å². The highest BCUT2D eigenvalue weighted by molar-refractivity contribution is 7.93. The molecule has 0 fully saturated rings. The van der Waals surface area contributed by atoms with Crippen LogP contribution < -0.4 is 9.03 Å². The summed E-state index contributed by atoms with van der Waals surface area (Å²) in [6, 6.07) is 5.25. The maximum Gasteiger partial charge on any atom is 0.236 e. The molecule has 1 rings (SSSR count). The first kappa shape index (κ1) is 17.9. The lowest BCUT2D eigenvalue weighted by molar-refractivity contribution is 0.581. The number of hydrogen-bond acceptors (Lipinski definition) is 4. The van der Waals surface area contributed by atoms with Crippen LogP contribution in [0.25, 0.3) is 0 Å². The predicted octanol–water partition coefficient (Wildman–Crippen LogP) is 0.921. The van der Waals surface area contributed by atoms with Crippen LogP contribution in [-0.4, -0.2) is 41.4 Å². The predicted molar refractivity (Wildman–Crippen MR) is 80.7 cm³/mol. The summed E-state index contributed by atoms with van der Waals surface area (Å²) in [6.07, 6.45) is 0. The summed E-state index contributed by atoms with van der Waals surface area (Å²) < 4.78 is 63.4. The molecule has 0 saturated heterocycles. The Balaban J connectivity index is 2.84. The minimum Gasteiger partial charge on any atom is -0.270 e. The van der Waals surface area contributed by atoms with Crippen molar-refractivity contribution in [3.63, 3.8) is 0 Å². The van der Waals surface area contributed by atoms with Crippen molar-refractivity contribution < 1.29 is 21.2 Å².